The zero-order chi connectivity index (χ0) is 27.2. The highest BCUT2D eigenvalue weighted by molar-refractivity contribution is 7.89. The van der Waals surface area contributed by atoms with Crippen molar-refractivity contribution < 1.29 is 17.9 Å². The van der Waals surface area contributed by atoms with Gasteiger partial charge in [-0.3, -0.25) is 4.79 Å². The van der Waals surface area contributed by atoms with E-state index in [0.717, 1.165) is 36.1 Å². The molecule has 2 aromatic carbocycles. The summed E-state index contributed by atoms with van der Waals surface area (Å²) < 4.78 is 33.3. The number of carbonyl (C=O) groups excluding carboxylic acids is 1. The van der Waals surface area contributed by atoms with Gasteiger partial charge in [-0.1, -0.05) is 32.9 Å². The molecule has 0 aliphatic carbocycles. The second-order valence-corrected chi connectivity index (χ2v) is 13.0. The SMILES string of the molecule is Cc1ccc(C)c(OCCCC(C)(C)C(=O)NC(=S)Nc2ccc(S(=O)(=O)N3CCC(C)CC3)cc2)c1. The molecule has 1 fully saturated rings. The maximum absolute atomic E-state index is 12.9. The maximum Gasteiger partial charge on any atom is 0.243 e. The van der Waals surface area contributed by atoms with Crippen LogP contribution in [0.4, 0.5) is 5.69 Å². The number of ether oxygens (including phenoxy) is 1. The smallest absolute Gasteiger partial charge is 0.243 e. The fraction of sp³-hybridized carbons (Fsp3) is 0.500. The molecule has 0 atom stereocenters. The number of aryl methyl sites for hydroxylation is 2. The quantitative estimate of drug-likeness (QED) is 0.323. The summed E-state index contributed by atoms with van der Waals surface area (Å²) in [7, 11) is -3.51. The molecule has 0 unspecified atom stereocenters. The lowest BCUT2D eigenvalue weighted by Crippen LogP contribution is -2.42. The lowest BCUT2D eigenvalue weighted by atomic mass is 9.87. The average Bonchev–Trinajstić information content (AvgIpc) is 2.84. The minimum Gasteiger partial charge on any atom is -0.493 e. The highest BCUT2D eigenvalue weighted by atomic mass is 32.2. The molecule has 9 heteroatoms. The molecule has 1 aliphatic heterocycles. The number of amides is 1. The third-order valence-corrected chi connectivity index (χ3v) is 9.00. The second kappa shape index (κ2) is 12.4. The molecule has 0 aromatic heterocycles. The van der Waals surface area contributed by atoms with Crippen LogP contribution in [0.15, 0.2) is 47.4 Å². The number of sulfonamides is 1. The molecular formula is C28H39N3O4S2. The van der Waals surface area contributed by atoms with Crippen LogP contribution in [0.2, 0.25) is 0 Å². The Bertz CT molecular complexity index is 1200. The van der Waals surface area contributed by atoms with Crippen LogP contribution in [0.1, 0.15) is 57.6 Å². The van der Waals surface area contributed by atoms with E-state index in [9.17, 15) is 13.2 Å². The van der Waals surface area contributed by atoms with E-state index in [-0.39, 0.29) is 15.9 Å². The molecule has 1 amide bonds. The zero-order valence-corrected chi connectivity index (χ0v) is 24.1. The molecule has 2 N–H and O–H groups in total. The first kappa shape index (κ1) is 29.1. The Kier molecular flexibility index (Phi) is 9.72. The maximum atomic E-state index is 12.9. The number of piperidine rings is 1. The highest BCUT2D eigenvalue weighted by Crippen LogP contribution is 2.26. The van der Waals surface area contributed by atoms with Gasteiger partial charge in [-0.2, -0.15) is 4.31 Å². The molecule has 0 radical (unpaired) electrons. The van der Waals surface area contributed by atoms with Crippen molar-refractivity contribution in [2.75, 3.05) is 25.0 Å². The van der Waals surface area contributed by atoms with Gasteiger partial charge >= 0.3 is 0 Å². The number of hydrogen-bond acceptors (Lipinski definition) is 5. The van der Waals surface area contributed by atoms with Gasteiger partial charge in [0.05, 0.1) is 11.5 Å². The Balaban J connectivity index is 1.47. The van der Waals surface area contributed by atoms with Crippen LogP contribution in [-0.2, 0) is 14.8 Å². The van der Waals surface area contributed by atoms with E-state index in [4.69, 9.17) is 17.0 Å². The van der Waals surface area contributed by atoms with Gasteiger partial charge < -0.3 is 15.4 Å². The number of nitrogens with zero attached hydrogens (tertiary/aromatic N) is 1. The van der Waals surface area contributed by atoms with E-state index in [0.29, 0.717) is 37.7 Å². The van der Waals surface area contributed by atoms with Crippen LogP contribution in [0.25, 0.3) is 0 Å². The standard InChI is InChI=1S/C28H39N3O4S2/c1-20-13-16-31(17-14-20)37(33,34)24-11-9-23(10-12-24)29-27(36)30-26(32)28(4,5)15-6-18-35-25-19-21(2)7-8-22(25)3/h7-12,19-20H,6,13-18H2,1-5H3,(H2,29,30,32,36). The minimum atomic E-state index is -3.51. The van der Waals surface area contributed by atoms with Gasteiger partial charge in [-0.25, -0.2) is 8.42 Å². The van der Waals surface area contributed by atoms with Gasteiger partial charge in [0.25, 0.3) is 0 Å². The fourth-order valence-corrected chi connectivity index (χ4v) is 5.87. The lowest BCUT2D eigenvalue weighted by molar-refractivity contribution is -0.128. The molecule has 1 heterocycles. The Morgan fingerprint density at radius 1 is 1.11 bits per heavy atom. The summed E-state index contributed by atoms with van der Waals surface area (Å²) in [6.45, 7) is 11.6. The molecule has 7 nitrogen and oxygen atoms in total. The van der Waals surface area contributed by atoms with Crippen molar-refractivity contribution in [3.8, 4) is 5.75 Å². The van der Waals surface area contributed by atoms with Gasteiger partial charge in [0.2, 0.25) is 15.9 Å². The molecule has 3 rings (SSSR count). The first-order valence-electron chi connectivity index (χ1n) is 12.8. The predicted octanol–water partition coefficient (Wildman–Crippen LogP) is 5.42. The van der Waals surface area contributed by atoms with E-state index in [1.54, 1.807) is 28.6 Å². The molecule has 202 valence electrons. The van der Waals surface area contributed by atoms with E-state index >= 15 is 0 Å². The predicted molar refractivity (Wildman–Crippen MR) is 152 cm³/mol. The van der Waals surface area contributed by atoms with Crippen LogP contribution in [-0.4, -0.2) is 43.4 Å². The fourth-order valence-electron chi connectivity index (χ4n) is 4.19. The number of nitrogens with one attached hydrogen (secondary N) is 2. The zero-order valence-electron chi connectivity index (χ0n) is 22.5. The molecule has 2 aromatic rings. The van der Waals surface area contributed by atoms with Gasteiger partial charge in [0, 0.05) is 24.2 Å². The number of benzene rings is 2. The first-order valence-corrected chi connectivity index (χ1v) is 14.7. The highest BCUT2D eigenvalue weighted by Gasteiger charge is 2.29. The van der Waals surface area contributed by atoms with E-state index in [1.165, 1.54) is 0 Å². The topological polar surface area (TPSA) is 87.7 Å². The van der Waals surface area contributed by atoms with Crippen molar-refractivity contribution in [2.24, 2.45) is 11.3 Å². The van der Waals surface area contributed by atoms with Crippen LogP contribution in [0, 0.1) is 25.2 Å². The molecular weight excluding hydrogens is 506 g/mol. The van der Waals surface area contributed by atoms with Crippen LogP contribution >= 0.6 is 12.2 Å². The summed E-state index contributed by atoms with van der Waals surface area (Å²) >= 11 is 5.33. The third-order valence-electron chi connectivity index (χ3n) is 6.88. The largest absolute Gasteiger partial charge is 0.493 e. The van der Waals surface area contributed by atoms with Crippen LogP contribution in [0.5, 0.6) is 5.75 Å². The minimum absolute atomic E-state index is 0.172. The van der Waals surface area contributed by atoms with Gasteiger partial charge in [0.15, 0.2) is 5.11 Å². The van der Waals surface area contributed by atoms with Crippen LogP contribution < -0.4 is 15.4 Å². The Morgan fingerprint density at radius 2 is 1.76 bits per heavy atom. The lowest BCUT2D eigenvalue weighted by Gasteiger charge is -2.29. The van der Waals surface area contributed by atoms with Crippen molar-refractivity contribution >= 4 is 38.9 Å². The summed E-state index contributed by atoms with van der Waals surface area (Å²) in [5.41, 5.74) is 2.21. The average molecular weight is 546 g/mol. The molecule has 37 heavy (non-hydrogen) atoms. The normalized spacial score (nSPS) is 15.3. The molecule has 1 aliphatic rings. The van der Waals surface area contributed by atoms with E-state index in [2.05, 4.69) is 23.6 Å². The monoisotopic (exact) mass is 545 g/mol. The summed E-state index contributed by atoms with van der Waals surface area (Å²) in [4.78, 5) is 13.1. The van der Waals surface area contributed by atoms with Gasteiger partial charge in [-0.15, -0.1) is 0 Å². The number of rotatable bonds is 9. The number of hydrogen-bond donors (Lipinski definition) is 2. The first-order chi connectivity index (χ1) is 17.4. The summed E-state index contributed by atoms with van der Waals surface area (Å²) in [6.07, 6.45) is 3.11. The van der Waals surface area contributed by atoms with Gasteiger partial charge in [-0.05, 0) is 99.1 Å². The van der Waals surface area contributed by atoms with Crippen LogP contribution in [0.3, 0.4) is 0 Å². The van der Waals surface area contributed by atoms with Crippen molar-refractivity contribution in [1.29, 1.82) is 0 Å². The van der Waals surface area contributed by atoms with E-state index in [1.807, 2.05) is 39.8 Å². The molecule has 0 saturated carbocycles. The molecule has 1 saturated heterocycles. The number of anilines is 1. The van der Waals surface area contributed by atoms with E-state index < -0.39 is 15.4 Å². The Hall–Kier alpha value is -2.49. The van der Waals surface area contributed by atoms with Crippen molar-refractivity contribution in [1.82, 2.24) is 9.62 Å². The Labute approximate surface area is 227 Å². The summed E-state index contributed by atoms with van der Waals surface area (Å²) in [5, 5.41) is 5.91. The third kappa shape index (κ3) is 7.99. The van der Waals surface area contributed by atoms with Crippen molar-refractivity contribution in [3.05, 3.63) is 53.6 Å². The number of thiocarbonyl (C=S) groups is 1. The summed E-state index contributed by atoms with van der Waals surface area (Å²) in [5.74, 6) is 1.24. The van der Waals surface area contributed by atoms with Gasteiger partial charge in [0.1, 0.15) is 5.75 Å². The van der Waals surface area contributed by atoms with Crippen molar-refractivity contribution in [2.45, 2.75) is 65.2 Å². The number of carbonyl (C=O) groups is 1. The second-order valence-electron chi connectivity index (χ2n) is 10.6. The Morgan fingerprint density at radius 3 is 2.41 bits per heavy atom. The summed E-state index contributed by atoms with van der Waals surface area (Å²) in [6, 6.07) is 12.6. The molecule has 0 spiro atoms. The van der Waals surface area contributed by atoms with Crippen molar-refractivity contribution in [3.63, 3.8) is 0 Å². The molecule has 0 bridgehead atoms.